The predicted molar refractivity (Wildman–Crippen MR) is 89.1 cm³/mol. The van der Waals surface area contributed by atoms with E-state index in [1.165, 1.54) is 0 Å². The maximum Gasteiger partial charge on any atom is 0.243 e. The first-order valence-electron chi connectivity index (χ1n) is 7.96. The summed E-state index contributed by atoms with van der Waals surface area (Å²) in [4.78, 5) is 40.5. The van der Waals surface area contributed by atoms with Gasteiger partial charge in [0.25, 0.3) is 0 Å². The van der Waals surface area contributed by atoms with Crippen LogP contribution in [0.25, 0.3) is 0 Å². The summed E-state index contributed by atoms with van der Waals surface area (Å²) in [5.41, 5.74) is 15.9. The Kier molecular flexibility index (Phi) is 8.25. The average molecular weight is 358 g/mol. The Morgan fingerprint density at radius 1 is 1.40 bits per heavy atom. The van der Waals surface area contributed by atoms with E-state index in [2.05, 4.69) is 10.3 Å². The molecule has 11 heteroatoms. The van der Waals surface area contributed by atoms with Crippen LogP contribution in [0.4, 0.5) is 0 Å². The van der Waals surface area contributed by atoms with Crippen molar-refractivity contribution in [2.45, 2.75) is 43.5 Å². The molecule has 4 atom stereocenters. The number of nitrogens with two attached hydrogens (primary N) is 3. The second-order valence-electron chi connectivity index (χ2n) is 5.88. The maximum atomic E-state index is 12.4. The zero-order valence-corrected chi connectivity index (χ0v) is 13.9. The molecule has 0 aromatic rings. The minimum absolute atomic E-state index is 0.0370. The second-order valence-corrected chi connectivity index (χ2v) is 5.88. The van der Waals surface area contributed by atoms with Crippen molar-refractivity contribution in [2.24, 2.45) is 22.2 Å². The number of aliphatic imine (C=N–C) groups is 1. The molecule has 1 aliphatic rings. The number of carbonyl (C=O) groups excluding carboxylic acids is 3. The third-order valence-corrected chi connectivity index (χ3v) is 3.84. The highest BCUT2D eigenvalue weighted by Crippen LogP contribution is 2.19. The van der Waals surface area contributed by atoms with Crippen molar-refractivity contribution in [3.05, 3.63) is 0 Å². The molecule has 0 aliphatic carbocycles. The van der Waals surface area contributed by atoms with Crippen LogP contribution in [0, 0.1) is 0 Å². The zero-order valence-electron chi connectivity index (χ0n) is 13.9. The van der Waals surface area contributed by atoms with Crippen LogP contribution in [0.3, 0.4) is 0 Å². The molecule has 1 heterocycles. The van der Waals surface area contributed by atoms with E-state index >= 15 is 0 Å². The molecule has 1 saturated heterocycles. The van der Waals surface area contributed by atoms with Crippen molar-refractivity contribution in [2.75, 3.05) is 19.7 Å². The van der Waals surface area contributed by atoms with Gasteiger partial charge in [0, 0.05) is 19.5 Å². The van der Waals surface area contributed by atoms with Gasteiger partial charge in [-0.15, -0.1) is 0 Å². The lowest BCUT2D eigenvalue weighted by Crippen LogP contribution is -2.53. The number of nitrogens with zero attached hydrogens (tertiary/aromatic N) is 2. The van der Waals surface area contributed by atoms with Gasteiger partial charge in [-0.05, 0) is 12.8 Å². The van der Waals surface area contributed by atoms with Crippen molar-refractivity contribution in [3.8, 4) is 0 Å². The van der Waals surface area contributed by atoms with Crippen LogP contribution in [0.2, 0.25) is 0 Å². The van der Waals surface area contributed by atoms with Crippen molar-refractivity contribution >= 4 is 24.1 Å². The highest BCUT2D eigenvalue weighted by atomic mass is 16.3. The molecule has 0 aromatic carbocycles. The van der Waals surface area contributed by atoms with Crippen molar-refractivity contribution in [3.63, 3.8) is 0 Å². The van der Waals surface area contributed by atoms with Gasteiger partial charge in [0.15, 0.2) is 5.96 Å². The van der Waals surface area contributed by atoms with Gasteiger partial charge in [0.1, 0.15) is 18.4 Å². The second kappa shape index (κ2) is 9.91. The van der Waals surface area contributed by atoms with Crippen LogP contribution in [0.1, 0.15) is 19.3 Å². The Morgan fingerprint density at radius 2 is 2.08 bits per heavy atom. The van der Waals surface area contributed by atoms with Gasteiger partial charge in [-0.3, -0.25) is 14.6 Å². The fourth-order valence-corrected chi connectivity index (χ4v) is 2.57. The summed E-state index contributed by atoms with van der Waals surface area (Å²) < 4.78 is 0. The lowest BCUT2D eigenvalue weighted by Gasteiger charge is -2.26. The summed E-state index contributed by atoms with van der Waals surface area (Å²) in [5, 5.41) is 21.3. The molecule has 1 rings (SSSR count). The third kappa shape index (κ3) is 6.29. The topological polar surface area (TPSA) is 197 Å². The predicted octanol–water partition coefficient (Wildman–Crippen LogP) is -3.99. The Balaban J connectivity index is 2.64. The van der Waals surface area contributed by atoms with E-state index in [9.17, 15) is 19.5 Å². The molecule has 1 aliphatic heterocycles. The molecule has 9 N–H and O–H groups in total. The van der Waals surface area contributed by atoms with Crippen molar-refractivity contribution < 1.29 is 24.6 Å². The third-order valence-electron chi connectivity index (χ3n) is 3.84. The molecule has 0 bridgehead atoms. The quantitative estimate of drug-likeness (QED) is 0.104. The normalized spacial score (nSPS) is 22.1. The first kappa shape index (κ1) is 20.8. The summed E-state index contributed by atoms with van der Waals surface area (Å²) in [6.45, 7) is -0.303. The van der Waals surface area contributed by atoms with Crippen LogP contribution in [-0.4, -0.2) is 83.1 Å². The minimum atomic E-state index is -1.16. The number of rotatable bonds is 9. The Labute approximate surface area is 145 Å². The summed E-state index contributed by atoms with van der Waals surface area (Å²) in [6, 6.07) is -2.87. The number of nitrogens with one attached hydrogen (secondary N) is 1. The molecule has 1 unspecified atom stereocenters. The van der Waals surface area contributed by atoms with Gasteiger partial charge in [-0.25, -0.2) is 0 Å². The average Bonchev–Trinajstić information content (AvgIpc) is 2.97. The number of aliphatic hydroxyl groups excluding tert-OH is 2. The SMILES string of the molecule is NC(N)=NCCC[C@@H](C=O)NC(=O)[C@@H]1CC(O)CN1C(=O)[C@H](N)CO. The molecule has 0 spiro atoms. The number of likely N-dealkylation sites (tertiary alicyclic amines) is 1. The van der Waals surface area contributed by atoms with Crippen LogP contribution >= 0.6 is 0 Å². The number of guanidine groups is 1. The van der Waals surface area contributed by atoms with Crippen LogP contribution in [0.5, 0.6) is 0 Å². The van der Waals surface area contributed by atoms with Gasteiger partial charge >= 0.3 is 0 Å². The molecule has 0 aromatic heterocycles. The van der Waals surface area contributed by atoms with Gasteiger partial charge in [0.2, 0.25) is 11.8 Å². The van der Waals surface area contributed by atoms with Gasteiger partial charge in [-0.1, -0.05) is 0 Å². The standard InChI is InChI=1S/C14H26N6O5/c15-10(7-22)13(25)20-5-9(23)4-11(20)12(24)19-8(6-21)2-1-3-18-14(16)17/h6,8-11,22-23H,1-5,7,15H2,(H,19,24)(H4,16,17,18)/t8-,9?,10+,11-/m0/s1. The molecular weight excluding hydrogens is 332 g/mol. The molecule has 25 heavy (non-hydrogen) atoms. The van der Waals surface area contributed by atoms with E-state index in [1.807, 2.05) is 0 Å². The van der Waals surface area contributed by atoms with Gasteiger partial charge < -0.3 is 42.4 Å². The zero-order chi connectivity index (χ0) is 19.0. The van der Waals surface area contributed by atoms with Crippen molar-refractivity contribution in [1.29, 1.82) is 0 Å². The van der Waals surface area contributed by atoms with Gasteiger partial charge in [-0.2, -0.15) is 0 Å². The molecule has 1 fully saturated rings. The number of amides is 2. The summed E-state index contributed by atoms with van der Waals surface area (Å²) in [7, 11) is 0. The van der Waals surface area contributed by atoms with E-state index in [-0.39, 0.29) is 18.9 Å². The number of carbonyl (C=O) groups is 3. The number of aldehydes is 1. The molecule has 11 nitrogen and oxygen atoms in total. The lowest BCUT2D eigenvalue weighted by molar-refractivity contribution is -0.140. The van der Waals surface area contributed by atoms with E-state index in [1.54, 1.807) is 0 Å². The van der Waals surface area contributed by atoms with E-state index < -0.39 is 42.7 Å². The first-order valence-corrected chi connectivity index (χ1v) is 7.96. The van der Waals surface area contributed by atoms with Crippen LogP contribution in [-0.2, 0) is 14.4 Å². The highest BCUT2D eigenvalue weighted by molar-refractivity contribution is 5.91. The number of β-amino-alcohol motifs (C(OH)–C–C–N with tert-alkyl or cyclic N) is 1. The fourth-order valence-electron chi connectivity index (χ4n) is 2.57. The highest BCUT2D eigenvalue weighted by Gasteiger charge is 2.40. The smallest absolute Gasteiger partial charge is 0.243 e. The molecular formula is C14H26N6O5. The number of aliphatic hydroxyl groups is 2. The molecule has 2 amide bonds. The lowest BCUT2D eigenvalue weighted by atomic mass is 10.1. The minimum Gasteiger partial charge on any atom is -0.394 e. The number of hydrogen-bond acceptors (Lipinski definition) is 7. The Hall–Kier alpha value is -2.24. The Bertz CT molecular complexity index is 510. The monoisotopic (exact) mass is 358 g/mol. The van der Waals surface area contributed by atoms with Gasteiger partial charge in [0.05, 0.1) is 18.8 Å². The van der Waals surface area contributed by atoms with Crippen molar-refractivity contribution in [1.82, 2.24) is 10.2 Å². The van der Waals surface area contributed by atoms with E-state index in [0.717, 1.165) is 4.90 Å². The maximum absolute atomic E-state index is 12.4. The number of hydrogen-bond donors (Lipinski definition) is 6. The van der Waals surface area contributed by atoms with Crippen LogP contribution < -0.4 is 22.5 Å². The van der Waals surface area contributed by atoms with E-state index in [4.69, 9.17) is 22.3 Å². The molecule has 0 radical (unpaired) electrons. The molecule has 142 valence electrons. The summed E-state index contributed by atoms with van der Waals surface area (Å²) >= 11 is 0. The fraction of sp³-hybridized carbons (Fsp3) is 0.714. The molecule has 0 saturated carbocycles. The largest absolute Gasteiger partial charge is 0.394 e. The first-order chi connectivity index (χ1) is 11.8. The summed E-state index contributed by atoms with van der Waals surface area (Å²) in [6.07, 6.45) is 0.556. The van der Waals surface area contributed by atoms with E-state index in [0.29, 0.717) is 25.7 Å². The Morgan fingerprint density at radius 3 is 2.64 bits per heavy atom. The summed E-state index contributed by atoms with van der Waals surface area (Å²) in [5.74, 6) is -1.25. The van der Waals surface area contributed by atoms with Crippen LogP contribution in [0.15, 0.2) is 4.99 Å².